The average molecular weight is 214 g/mol. The second-order valence-electron chi connectivity index (χ2n) is 5.20. The van der Waals surface area contributed by atoms with Crippen LogP contribution in [-0.2, 0) is 4.79 Å². The Hall–Kier alpha value is -0.570. The quantitative estimate of drug-likeness (QED) is 0.708. The van der Waals surface area contributed by atoms with Crippen LogP contribution in [0.5, 0.6) is 0 Å². The van der Waals surface area contributed by atoms with E-state index in [1.807, 2.05) is 0 Å². The first kappa shape index (κ1) is 14.4. The smallest absolute Gasteiger partial charge is 0.236 e. The molecule has 0 spiro atoms. The van der Waals surface area contributed by atoms with Crippen molar-refractivity contribution in [2.75, 3.05) is 6.54 Å². The lowest BCUT2D eigenvalue weighted by molar-refractivity contribution is -0.122. The van der Waals surface area contributed by atoms with E-state index in [4.69, 9.17) is 5.73 Å². The number of carbonyl (C=O) groups excluding carboxylic acids is 1. The average Bonchev–Trinajstić information content (AvgIpc) is 2.12. The number of rotatable bonds is 6. The second kappa shape index (κ2) is 6.83. The molecule has 0 saturated heterocycles. The molecular weight excluding hydrogens is 188 g/mol. The Morgan fingerprint density at radius 2 is 1.73 bits per heavy atom. The van der Waals surface area contributed by atoms with Crippen LogP contribution in [0.3, 0.4) is 0 Å². The van der Waals surface area contributed by atoms with E-state index in [0.717, 1.165) is 13.0 Å². The highest BCUT2D eigenvalue weighted by atomic mass is 16.2. The van der Waals surface area contributed by atoms with Gasteiger partial charge in [0.2, 0.25) is 5.91 Å². The van der Waals surface area contributed by atoms with Gasteiger partial charge in [-0.25, -0.2) is 0 Å². The van der Waals surface area contributed by atoms with Crippen molar-refractivity contribution in [2.45, 2.75) is 47.1 Å². The minimum Gasteiger partial charge on any atom is -0.354 e. The molecule has 1 amide bonds. The first-order chi connectivity index (χ1) is 6.84. The number of carbonyl (C=O) groups is 1. The summed E-state index contributed by atoms with van der Waals surface area (Å²) in [5, 5.41) is 2.90. The van der Waals surface area contributed by atoms with Crippen molar-refractivity contribution in [2.24, 2.45) is 23.5 Å². The van der Waals surface area contributed by atoms with Crippen LogP contribution >= 0.6 is 0 Å². The predicted molar refractivity (Wildman–Crippen MR) is 64.4 cm³/mol. The molecule has 0 aliphatic rings. The molecule has 0 saturated carbocycles. The third-order valence-electron chi connectivity index (χ3n) is 2.80. The monoisotopic (exact) mass is 214 g/mol. The van der Waals surface area contributed by atoms with Crippen molar-refractivity contribution in [3.63, 3.8) is 0 Å². The molecule has 0 aliphatic heterocycles. The SMILES string of the molecule is CC(C)C[C@H](N)C(=O)NCC(C)C(C)C. The topological polar surface area (TPSA) is 55.1 Å². The van der Waals surface area contributed by atoms with Crippen LogP contribution in [0.4, 0.5) is 0 Å². The predicted octanol–water partition coefficient (Wildman–Crippen LogP) is 1.77. The Labute approximate surface area is 93.8 Å². The Morgan fingerprint density at radius 3 is 2.13 bits per heavy atom. The fourth-order valence-electron chi connectivity index (χ4n) is 1.24. The highest BCUT2D eigenvalue weighted by Gasteiger charge is 2.16. The van der Waals surface area contributed by atoms with Gasteiger partial charge in [0.25, 0.3) is 0 Å². The molecule has 0 heterocycles. The fourth-order valence-corrected chi connectivity index (χ4v) is 1.24. The Kier molecular flexibility index (Phi) is 6.57. The van der Waals surface area contributed by atoms with Gasteiger partial charge in [0.15, 0.2) is 0 Å². The summed E-state index contributed by atoms with van der Waals surface area (Å²) < 4.78 is 0. The summed E-state index contributed by atoms with van der Waals surface area (Å²) in [6.45, 7) is 11.3. The minimum absolute atomic E-state index is 0.0174. The van der Waals surface area contributed by atoms with Crippen LogP contribution in [0, 0.1) is 17.8 Å². The highest BCUT2D eigenvalue weighted by molar-refractivity contribution is 5.81. The molecule has 90 valence electrons. The number of hydrogen-bond acceptors (Lipinski definition) is 2. The van der Waals surface area contributed by atoms with Gasteiger partial charge in [0.05, 0.1) is 6.04 Å². The molecule has 1 unspecified atom stereocenters. The molecule has 3 heteroatoms. The number of nitrogens with one attached hydrogen (secondary N) is 1. The molecule has 0 aromatic heterocycles. The van der Waals surface area contributed by atoms with Crippen LogP contribution in [0.15, 0.2) is 0 Å². The highest BCUT2D eigenvalue weighted by Crippen LogP contribution is 2.08. The Morgan fingerprint density at radius 1 is 1.20 bits per heavy atom. The molecule has 0 rings (SSSR count). The molecule has 0 aromatic rings. The largest absolute Gasteiger partial charge is 0.354 e. The summed E-state index contributed by atoms with van der Waals surface area (Å²) in [5.41, 5.74) is 5.77. The molecular formula is C12H26N2O. The lowest BCUT2D eigenvalue weighted by Crippen LogP contribution is -2.43. The molecule has 0 fully saturated rings. The Bertz CT molecular complexity index is 190. The minimum atomic E-state index is -0.357. The van der Waals surface area contributed by atoms with Crippen molar-refractivity contribution in [3.05, 3.63) is 0 Å². The van der Waals surface area contributed by atoms with Crippen LogP contribution in [0.25, 0.3) is 0 Å². The van der Waals surface area contributed by atoms with E-state index in [-0.39, 0.29) is 11.9 Å². The fraction of sp³-hybridized carbons (Fsp3) is 0.917. The normalized spacial score (nSPS) is 15.5. The van der Waals surface area contributed by atoms with Gasteiger partial charge in [0, 0.05) is 6.54 Å². The van der Waals surface area contributed by atoms with Gasteiger partial charge in [-0.05, 0) is 24.2 Å². The molecule has 0 radical (unpaired) electrons. The van der Waals surface area contributed by atoms with Crippen molar-refractivity contribution in [1.29, 1.82) is 0 Å². The molecule has 0 aromatic carbocycles. The van der Waals surface area contributed by atoms with Gasteiger partial charge in [-0.3, -0.25) is 4.79 Å². The van der Waals surface area contributed by atoms with Crippen molar-refractivity contribution >= 4 is 5.91 Å². The summed E-state index contributed by atoms with van der Waals surface area (Å²) in [4.78, 5) is 11.6. The van der Waals surface area contributed by atoms with Crippen molar-refractivity contribution in [1.82, 2.24) is 5.32 Å². The van der Waals surface area contributed by atoms with Gasteiger partial charge in [-0.1, -0.05) is 34.6 Å². The molecule has 15 heavy (non-hydrogen) atoms. The van der Waals surface area contributed by atoms with E-state index in [9.17, 15) is 4.79 Å². The van der Waals surface area contributed by atoms with Gasteiger partial charge >= 0.3 is 0 Å². The molecule has 0 bridgehead atoms. The zero-order chi connectivity index (χ0) is 12.0. The lowest BCUT2D eigenvalue weighted by atomic mass is 9.98. The summed E-state index contributed by atoms with van der Waals surface area (Å²) in [5.74, 6) is 1.54. The van der Waals surface area contributed by atoms with Crippen molar-refractivity contribution in [3.8, 4) is 0 Å². The summed E-state index contributed by atoms with van der Waals surface area (Å²) in [6.07, 6.45) is 0.752. The van der Waals surface area contributed by atoms with Crippen LogP contribution < -0.4 is 11.1 Å². The summed E-state index contributed by atoms with van der Waals surface area (Å²) in [7, 11) is 0. The molecule has 0 aliphatic carbocycles. The van der Waals surface area contributed by atoms with Gasteiger partial charge in [0.1, 0.15) is 0 Å². The third-order valence-corrected chi connectivity index (χ3v) is 2.80. The van der Waals surface area contributed by atoms with E-state index in [1.54, 1.807) is 0 Å². The van der Waals surface area contributed by atoms with E-state index >= 15 is 0 Å². The van der Waals surface area contributed by atoms with Crippen LogP contribution in [0.2, 0.25) is 0 Å². The second-order valence-corrected chi connectivity index (χ2v) is 5.20. The maximum absolute atomic E-state index is 11.6. The zero-order valence-electron chi connectivity index (χ0n) is 10.7. The number of amides is 1. The van der Waals surface area contributed by atoms with E-state index in [1.165, 1.54) is 0 Å². The van der Waals surface area contributed by atoms with E-state index in [2.05, 4.69) is 39.9 Å². The van der Waals surface area contributed by atoms with Crippen LogP contribution in [-0.4, -0.2) is 18.5 Å². The summed E-state index contributed by atoms with van der Waals surface area (Å²) in [6, 6.07) is -0.357. The van der Waals surface area contributed by atoms with Crippen molar-refractivity contribution < 1.29 is 4.79 Å². The Balaban J connectivity index is 3.83. The third kappa shape index (κ3) is 6.50. The maximum atomic E-state index is 11.6. The zero-order valence-corrected chi connectivity index (χ0v) is 10.7. The van der Waals surface area contributed by atoms with Gasteiger partial charge in [-0.15, -0.1) is 0 Å². The molecule has 3 nitrogen and oxygen atoms in total. The van der Waals surface area contributed by atoms with E-state index in [0.29, 0.717) is 17.8 Å². The van der Waals surface area contributed by atoms with Crippen LogP contribution in [0.1, 0.15) is 41.0 Å². The maximum Gasteiger partial charge on any atom is 0.236 e. The van der Waals surface area contributed by atoms with Gasteiger partial charge in [-0.2, -0.15) is 0 Å². The standard InChI is InChI=1S/C12H26N2O/c1-8(2)6-11(13)12(15)14-7-10(5)9(3)4/h8-11H,6-7,13H2,1-5H3,(H,14,15)/t10?,11-/m0/s1. The van der Waals surface area contributed by atoms with E-state index < -0.39 is 0 Å². The number of hydrogen-bond donors (Lipinski definition) is 2. The number of nitrogens with two attached hydrogens (primary N) is 1. The first-order valence-corrected chi connectivity index (χ1v) is 5.87. The first-order valence-electron chi connectivity index (χ1n) is 5.87. The molecule has 2 atom stereocenters. The summed E-state index contributed by atoms with van der Waals surface area (Å²) >= 11 is 0. The lowest BCUT2D eigenvalue weighted by Gasteiger charge is -2.19. The van der Waals surface area contributed by atoms with Gasteiger partial charge < -0.3 is 11.1 Å². The molecule has 3 N–H and O–H groups in total.